The van der Waals surface area contributed by atoms with Crippen molar-refractivity contribution in [2.24, 2.45) is 15.9 Å². The van der Waals surface area contributed by atoms with Crippen LogP contribution in [0, 0.1) is 5.82 Å². The van der Waals surface area contributed by atoms with E-state index in [0.717, 1.165) is 5.56 Å². The van der Waals surface area contributed by atoms with Gasteiger partial charge in [-0.25, -0.2) is 4.39 Å². The second-order valence-corrected chi connectivity index (χ2v) is 5.50. The van der Waals surface area contributed by atoms with E-state index >= 15 is 0 Å². The number of hydrogen-bond donors (Lipinski definition) is 1. The van der Waals surface area contributed by atoms with Crippen LogP contribution in [0.5, 0.6) is 11.5 Å². The quantitative estimate of drug-likeness (QED) is 0.494. The first-order chi connectivity index (χ1) is 11.6. The number of rotatable bonds is 6. The molecule has 24 heavy (non-hydrogen) atoms. The minimum atomic E-state index is -0.301. The van der Waals surface area contributed by atoms with Crippen molar-refractivity contribution in [1.82, 2.24) is 0 Å². The number of thioether (sulfide) groups is 1. The van der Waals surface area contributed by atoms with E-state index in [9.17, 15) is 4.39 Å². The molecular weight excluding hydrogens is 329 g/mol. The minimum Gasteiger partial charge on any atom is -0.493 e. The first-order valence-corrected chi connectivity index (χ1v) is 8.31. The van der Waals surface area contributed by atoms with Crippen LogP contribution in [0.2, 0.25) is 0 Å². The number of amidine groups is 1. The molecule has 0 amide bonds. The predicted octanol–water partition coefficient (Wildman–Crippen LogP) is 3.42. The highest BCUT2D eigenvalue weighted by Gasteiger charge is 2.07. The van der Waals surface area contributed by atoms with E-state index in [0.29, 0.717) is 22.2 Å². The standard InChI is InChI=1S/C17H18FN3O2S/c1-22-16-9-12(10-20-21-17(19)24-2)7-8-15(16)23-11-13-5-3-4-6-14(13)18/h3-10H,11H2,1-2H3,(H2,19,21)/b20-10+. The number of nitrogens with zero attached hydrogens (tertiary/aromatic N) is 2. The van der Waals surface area contributed by atoms with Crippen LogP contribution >= 0.6 is 11.8 Å². The predicted molar refractivity (Wildman–Crippen MR) is 96.5 cm³/mol. The molecule has 0 aromatic heterocycles. The lowest BCUT2D eigenvalue weighted by molar-refractivity contribution is 0.279. The molecule has 2 rings (SSSR count). The van der Waals surface area contributed by atoms with Gasteiger partial charge in [-0.2, -0.15) is 5.10 Å². The Morgan fingerprint density at radius 3 is 2.75 bits per heavy atom. The summed E-state index contributed by atoms with van der Waals surface area (Å²) in [6.45, 7) is 0.116. The maximum Gasteiger partial charge on any atom is 0.180 e. The molecule has 0 aliphatic carbocycles. The average Bonchev–Trinajstić information content (AvgIpc) is 2.61. The maximum absolute atomic E-state index is 13.6. The van der Waals surface area contributed by atoms with Crippen LogP contribution in [0.1, 0.15) is 11.1 Å². The molecule has 0 unspecified atom stereocenters. The third kappa shape index (κ3) is 4.99. The highest BCUT2D eigenvalue weighted by molar-refractivity contribution is 8.13. The van der Waals surface area contributed by atoms with Gasteiger partial charge in [-0.3, -0.25) is 0 Å². The molecule has 0 bridgehead atoms. The van der Waals surface area contributed by atoms with E-state index in [-0.39, 0.29) is 12.4 Å². The first kappa shape index (κ1) is 17.8. The van der Waals surface area contributed by atoms with Gasteiger partial charge >= 0.3 is 0 Å². The molecule has 2 aromatic rings. The van der Waals surface area contributed by atoms with Crippen molar-refractivity contribution in [2.75, 3.05) is 13.4 Å². The van der Waals surface area contributed by atoms with Gasteiger partial charge in [0.25, 0.3) is 0 Å². The number of nitrogens with two attached hydrogens (primary N) is 1. The highest BCUT2D eigenvalue weighted by Crippen LogP contribution is 2.28. The highest BCUT2D eigenvalue weighted by atomic mass is 32.2. The summed E-state index contributed by atoms with van der Waals surface area (Å²) < 4.78 is 24.6. The van der Waals surface area contributed by atoms with Crippen molar-refractivity contribution in [3.8, 4) is 11.5 Å². The number of methoxy groups -OCH3 is 1. The van der Waals surface area contributed by atoms with Crippen molar-refractivity contribution in [3.05, 3.63) is 59.4 Å². The van der Waals surface area contributed by atoms with E-state index in [4.69, 9.17) is 15.2 Å². The van der Waals surface area contributed by atoms with Gasteiger partial charge in [0.2, 0.25) is 0 Å². The van der Waals surface area contributed by atoms with Crippen molar-refractivity contribution in [2.45, 2.75) is 6.61 Å². The molecule has 0 radical (unpaired) electrons. The Bertz CT molecular complexity index is 750. The van der Waals surface area contributed by atoms with Crippen LogP contribution < -0.4 is 15.2 Å². The summed E-state index contributed by atoms with van der Waals surface area (Å²) in [6.07, 6.45) is 3.38. The largest absolute Gasteiger partial charge is 0.493 e. The normalized spacial score (nSPS) is 11.7. The average molecular weight is 347 g/mol. The molecule has 0 atom stereocenters. The van der Waals surface area contributed by atoms with Crippen LogP contribution in [0.4, 0.5) is 4.39 Å². The van der Waals surface area contributed by atoms with Gasteiger partial charge in [0.1, 0.15) is 12.4 Å². The Morgan fingerprint density at radius 1 is 1.25 bits per heavy atom. The zero-order chi connectivity index (χ0) is 17.4. The fraction of sp³-hybridized carbons (Fsp3) is 0.176. The molecule has 0 aliphatic heterocycles. The number of ether oxygens (including phenoxy) is 2. The number of halogens is 1. The van der Waals surface area contributed by atoms with E-state index in [1.54, 1.807) is 42.6 Å². The van der Waals surface area contributed by atoms with E-state index in [1.165, 1.54) is 24.9 Å². The fourth-order valence-electron chi connectivity index (χ4n) is 1.85. The molecule has 0 heterocycles. The monoisotopic (exact) mass is 347 g/mol. The van der Waals surface area contributed by atoms with Gasteiger partial charge < -0.3 is 15.2 Å². The molecule has 0 fully saturated rings. The number of hydrogen-bond acceptors (Lipinski definition) is 5. The van der Waals surface area contributed by atoms with Crippen LogP contribution in [-0.2, 0) is 6.61 Å². The molecule has 0 spiro atoms. The van der Waals surface area contributed by atoms with Crippen molar-refractivity contribution < 1.29 is 13.9 Å². The third-order valence-electron chi connectivity index (χ3n) is 3.10. The zero-order valence-corrected chi connectivity index (χ0v) is 14.2. The lowest BCUT2D eigenvalue weighted by Crippen LogP contribution is -2.04. The Balaban J connectivity index is 2.10. The van der Waals surface area contributed by atoms with Crippen LogP contribution in [0.3, 0.4) is 0 Å². The maximum atomic E-state index is 13.6. The smallest absolute Gasteiger partial charge is 0.180 e. The van der Waals surface area contributed by atoms with E-state index in [1.807, 2.05) is 6.26 Å². The van der Waals surface area contributed by atoms with Crippen LogP contribution in [-0.4, -0.2) is 24.7 Å². The van der Waals surface area contributed by atoms with Crippen LogP contribution in [0.15, 0.2) is 52.7 Å². The fourth-order valence-corrected chi connectivity index (χ4v) is 1.98. The molecule has 0 saturated heterocycles. The first-order valence-electron chi connectivity index (χ1n) is 7.08. The van der Waals surface area contributed by atoms with E-state index in [2.05, 4.69) is 10.2 Å². The Kier molecular flexibility index (Phi) is 6.62. The lowest BCUT2D eigenvalue weighted by Gasteiger charge is -2.11. The number of benzene rings is 2. The minimum absolute atomic E-state index is 0.116. The van der Waals surface area contributed by atoms with Gasteiger partial charge in [-0.1, -0.05) is 30.0 Å². The lowest BCUT2D eigenvalue weighted by atomic mass is 10.2. The topological polar surface area (TPSA) is 69.2 Å². The van der Waals surface area contributed by atoms with Gasteiger partial charge in [-0.05, 0) is 36.1 Å². The molecule has 5 nitrogen and oxygen atoms in total. The van der Waals surface area contributed by atoms with Gasteiger partial charge in [-0.15, -0.1) is 5.10 Å². The van der Waals surface area contributed by atoms with Gasteiger partial charge in [0.15, 0.2) is 16.7 Å². The summed E-state index contributed by atoms with van der Waals surface area (Å²) in [5.41, 5.74) is 6.81. The molecule has 7 heteroatoms. The Labute approximate surface area is 144 Å². The van der Waals surface area contributed by atoms with Gasteiger partial charge in [0, 0.05) is 5.56 Å². The molecular formula is C17H18FN3O2S. The Morgan fingerprint density at radius 2 is 2.04 bits per heavy atom. The second kappa shape index (κ2) is 8.93. The van der Waals surface area contributed by atoms with E-state index < -0.39 is 0 Å². The summed E-state index contributed by atoms with van der Waals surface area (Å²) in [4.78, 5) is 0. The molecule has 2 N–H and O–H groups in total. The van der Waals surface area contributed by atoms with Crippen LogP contribution in [0.25, 0.3) is 0 Å². The van der Waals surface area contributed by atoms with Crippen molar-refractivity contribution >= 4 is 23.1 Å². The van der Waals surface area contributed by atoms with Gasteiger partial charge in [0.05, 0.1) is 13.3 Å². The summed E-state index contributed by atoms with van der Waals surface area (Å²) in [6, 6.07) is 11.8. The SMILES string of the molecule is COc1cc(/C=N/N=C(N)SC)ccc1OCc1ccccc1F. The molecule has 126 valence electrons. The Hall–Kier alpha value is -2.54. The zero-order valence-electron chi connectivity index (χ0n) is 13.4. The molecule has 0 aliphatic rings. The third-order valence-corrected chi connectivity index (χ3v) is 3.60. The summed E-state index contributed by atoms with van der Waals surface area (Å²) in [7, 11) is 1.54. The molecule has 0 saturated carbocycles. The summed E-state index contributed by atoms with van der Waals surface area (Å²) >= 11 is 1.31. The van der Waals surface area contributed by atoms with Crippen molar-refractivity contribution in [3.63, 3.8) is 0 Å². The van der Waals surface area contributed by atoms with Crippen molar-refractivity contribution in [1.29, 1.82) is 0 Å². The summed E-state index contributed by atoms with van der Waals surface area (Å²) in [5, 5.41) is 8.09. The second-order valence-electron chi connectivity index (χ2n) is 4.68. The summed E-state index contributed by atoms with van der Waals surface area (Å²) in [5.74, 6) is 0.742. The molecule has 2 aromatic carbocycles.